The fourth-order valence-corrected chi connectivity index (χ4v) is 4.68. The molecule has 1 aromatic heterocycles. The zero-order chi connectivity index (χ0) is 15.8. The first kappa shape index (κ1) is 16.0. The number of thiophene rings is 1. The number of rotatable bonds is 4. The molecule has 0 bridgehead atoms. The number of nitrogens with zero attached hydrogens (tertiary/aromatic N) is 1. The van der Waals surface area contributed by atoms with Crippen LogP contribution in [-0.4, -0.2) is 13.3 Å². The van der Waals surface area contributed by atoms with E-state index in [1.54, 1.807) is 19.1 Å². The number of benzene rings is 1. The summed E-state index contributed by atoms with van der Waals surface area (Å²) in [5.74, 6) is 0. The van der Waals surface area contributed by atoms with Crippen molar-refractivity contribution in [1.29, 1.82) is 0 Å². The Hall–Kier alpha value is -1.35. The van der Waals surface area contributed by atoms with E-state index in [0.717, 1.165) is 6.07 Å². The molecule has 2 rings (SSSR count). The molecule has 0 amide bonds. The van der Waals surface area contributed by atoms with Gasteiger partial charge >= 0.3 is 0 Å². The van der Waals surface area contributed by atoms with Crippen molar-refractivity contribution in [3.05, 3.63) is 49.3 Å². The van der Waals surface area contributed by atoms with E-state index in [-0.39, 0.29) is 19.3 Å². The molecule has 0 unspecified atom stereocenters. The molecule has 6 nitrogen and oxygen atoms in total. The second-order valence-electron chi connectivity index (χ2n) is 4.02. The summed E-state index contributed by atoms with van der Waals surface area (Å²) < 4.78 is 26.4. The van der Waals surface area contributed by atoms with Gasteiger partial charge in [-0.25, -0.2) is 8.42 Å². The third-order valence-corrected chi connectivity index (χ3v) is 6.04. The first-order chi connectivity index (χ1) is 9.72. The molecule has 0 saturated heterocycles. The van der Waals surface area contributed by atoms with Gasteiger partial charge in [-0.2, -0.15) is 0 Å². The van der Waals surface area contributed by atoms with E-state index in [9.17, 15) is 18.5 Å². The second-order valence-corrected chi connectivity index (χ2v) is 7.99. The van der Waals surface area contributed by atoms with Crippen LogP contribution in [0.4, 0.5) is 11.4 Å². The molecule has 0 aliphatic carbocycles. The summed E-state index contributed by atoms with van der Waals surface area (Å²) in [7, 11) is -4.00. The number of aryl methyl sites for hydroxylation is 1. The molecule has 0 aliphatic rings. The Morgan fingerprint density at radius 1 is 1.33 bits per heavy atom. The van der Waals surface area contributed by atoms with Crippen LogP contribution in [0.3, 0.4) is 0 Å². The van der Waals surface area contributed by atoms with Crippen molar-refractivity contribution in [2.75, 3.05) is 4.72 Å². The van der Waals surface area contributed by atoms with Crippen molar-refractivity contribution in [2.45, 2.75) is 11.1 Å². The minimum atomic E-state index is -4.00. The van der Waals surface area contributed by atoms with E-state index in [2.05, 4.69) is 4.72 Å². The van der Waals surface area contributed by atoms with Gasteiger partial charge in [0.1, 0.15) is 4.21 Å². The van der Waals surface area contributed by atoms with Crippen LogP contribution in [0.1, 0.15) is 5.56 Å². The van der Waals surface area contributed by atoms with Gasteiger partial charge in [0.2, 0.25) is 0 Å². The fourth-order valence-electron chi connectivity index (χ4n) is 1.54. The van der Waals surface area contributed by atoms with Gasteiger partial charge in [0, 0.05) is 6.07 Å². The van der Waals surface area contributed by atoms with Crippen molar-refractivity contribution in [1.82, 2.24) is 0 Å². The maximum absolute atomic E-state index is 12.3. The third-order valence-electron chi connectivity index (χ3n) is 2.57. The first-order valence-corrected chi connectivity index (χ1v) is 8.49. The number of hydrogen-bond donors (Lipinski definition) is 1. The Bertz CT molecular complexity index is 797. The Kier molecular flexibility index (Phi) is 4.43. The Balaban J connectivity index is 2.44. The predicted octanol–water partition coefficient (Wildman–Crippen LogP) is 4.07. The van der Waals surface area contributed by atoms with Gasteiger partial charge in [0.25, 0.3) is 15.7 Å². The maximum Gasteiger partial charge on any atom is 0.300 e. The number of nitro groups is 1. The van der Waals surface area contributed by atoms with E-state index < -0.39 is 20.6 Å². The molecule has 0 fully saturated rings. The van der Waals surface area contributed by atoms with Gasteiger partial charge < -0.3 is 0 Å². The highest BCUT2D eigenvalue weighted by Gasteiger charge is 2.26. The van der Waals surface area contributed by atoms with Crippen LogP contribution in [0.25, 0.3) is 0 Å². The molecule has 0 saturated carbocycles. The standard InChI is InChI=1S/C11H8Cl2N2O4S2/c1-6-3-2-4-7(12)10(6)14-21(18,19)9-5-8(15(16)17)11(13)20-9/h2-5,14H,1H3. The van der Waals surface area contributed by atoms with Crippen molar-refractivity contribution in [3.8, 4) is 0 Å². The number of nitrogens with one attached hydrogen (secondary N) is 1. The molecule has 0 radical (unpaired) electrons. The maximum atomic E-state index is 12.3. The normalized spacial score (nSPS) is 11.4. The SMILES string of the molecule is Cc1cccc(Cl)c1NS(=O)(=O)c1cc([N+](=O)[O-])c(Cl)s1. The molecule has 112 valence electrons. The van der Waals surface area contributed by atoms with Crippen LogP contribution in [0.2, 0.25) is 9.36 Å². The summed E-state index contributed by atoms with van der Waals surface area (Å²) in [5.41, 5.74) is 0.410. The van der Waals surface area contributed by atoms with Crippen molar-refractivity contribution in [2.24, 2.45) is 0 Å². The zero-order valence-electron chi connectivity index (χ0n) is 10.5. The molecule has 10 heteroatoms. The summed E-state index contributed by atoms with van der Waals surface area (Å²) in [4.78, 5) is 9.98. The van der Waals surface area contributed by atoms with Gasteiger partial charge in [-0.1, -0.05) is 35.3 Å². The van der Waals surface area contributed by atoms with Gasteiger partial charge in [0.15, 0.2) is 4.34 Å². The van der Waals surface area contributed by atoms with Crippen LogP contribution >= 0.6 is 34.5 Å². The molecule has 21 heavy (non-hydrogen) atoms. The monoisotopic (exact) mass is 366 g/mol. The number of hydrogen-bond acceptors (Lipinski definition) is 5. The average Bonchev–Trinajstić information content (AvgIpc) is 2.77. The smallest absolute Gasteiger partial charge is 0.277 e. The van der Waals surface area contributed by atoms with Gasteiger partial charge in [0.05, 0.1) is 15.6 Å². The van der Waals surface area contributed by atoms with E-state index in [1.807, 2.05) is 0 Å². The largest absolute Gasteiger partial charge is 0.300 e. The lowest BCUT2D eigenvalue weighted by molar-refractivity contribution is -0.384. The van der Waals surface area contributed by atoms with E-state index in [1.165, 1.54) is 6.07 Å². The zero-order valence-corrected chi connectivity index (χ0v) is 13.6. The summed E-state index contributed by atoms with van der Waals surface area (Å²) >= 11 is 12.2. The quantitative estimate of drug-likeness (QED) is 0.652. The van der Waals surface area contributed by atoms with Crippen LogP contribution in [-0.2, 0) is 10.0 Å². The van der Waals surface area contributed by atoms with E-state index >= 15 is 0 Å². The van der Waals surface area contributed by atoms with Crippen molar-refractivity contribution < 1.29 is 13.3 Å². The summed E-state index contributed by atoms with van der Waals surface area (Å²) in [5, 5.41) is 11.0. The highest BCUT2D eigenvalue weighted by Crippen LogP contribution is 2.37. The molecule has 1 heterocycles. The number of sulfonamides is 1. The average molecular weight is 367 g/mol. The lowest BCUT2D eigenvalue weighted by Gasteiger charge is -2.10. The fraction of sp³-hybridized carbons (Fsp3) is 0.0909. The summed E-state index contributed by atoms with van der Waals surface area (Å²) in [6.07, 6.45) is 0. The lowest BCUT2D eigenvalue weighted by atomic mass is 10.2. The molecule has 1 aromatic carbocycles. The van der Waals surface area contributed by atoms with Gasteiger partial charge in [-0.05, 0) is 18.6 Å². The summed E-state index contributed by atoms with van der Waals surface area (Å²) in [6.45, 7) is 1.69. The second kappa shape index (κ2) is 5.80. The van der Waals surface area contributed by atoms with Crippen molar-refractivity contribution in [3.63, 3.8) is 0 Å². The van der Waals surface area contributed by atoms with Crippen LogP contribution in [0.5, 0.6) is 0 Å². The van der Waals surface area contributed by atoms with E-state index in [4.69, 9.17) is 23.2 Å². The molecular weight excluding hydrogens is 359 g/mol. The third kappa shape index (κ3) is 3.29. The van der Waals surface area contributed by atoms with Crippen LogP contribution < -0.4 is 4.72 Å². The Morgan fingerprint density at radius 2 is 2.00 bits per heavy atom. The van der Waals surface area contributed by atoms with Crippen LogP contribution in [0, 0.1) is 17.0 Å². The molecule has 0 atom stereocenters. The number of halogens is 2. The highest BCUT2D eigenvalue weighted by atomic mass is 35.5. The minimum Gasteiger partial charge on any atom is -0.277 e. The lowest BCUT2D eigenvalue weighted by Crippen LogP contribution is -2.12. The topological polar surface area (TPSA) is 89.3 Å². The Labute approximate surface area is 134 Å². The van der Waals surface area contributed by atoms with Gasteiger partial charge in [-0.15, -0.1) is 11.3 Å². The van der Waals surface area contributed by atoms with Crippen LogP contribution in [0.15, 0.2) is 28.5 Å². The summed E-state index contributed by atoms with van der Waals surface area (Å²) in [6, 6.07) is 5.83. The highest BCUT2D eigenvalue weighted by molar-refractivity contribution is 7.94. The first-order valence-electron chi connectivity index (χ1n) is 5.44. The minimum absolute atomic E-state index is 0.198. The molecular formula is C11H8Cl2N2O4S2. The molecule has 1 N–H and O–H groups in total. The molecule has 2 aromatic rings. The predicted molar refractivity (Wildman–Crippen MR) is 83.0 cm³/mol. The molecule has 0 aliphatic heterocycles. The van der Waals surface area contributed by atoms with Crippen molar-refractivity contribution >= 4 is 55.9 Å². The Morgan fingerprint density at radius 3 is 2.52 bits per heavy atom. The van der Waals surface area contributed by atoms with Gasteiger partial charge in [-0.3, -0.25) is 14.8 Å². The van der Waals surface area contributed by atoms with E-state index in [0.29, 0.717) is 16.9 Å². The number of para-hydroxylation sites is 1. The molecule has 0 spiro atoms. The number of anilines is 1.